The van der Waals surface area contributed by atoms with Crippen LogP contribution in [0.3, 0.4) is 0 Å². The van der Waals surface area contributed by atoms with Crippen molar-refractivity contribution in [3.05, 3.63) is 182 Å². The molecule has 8 aromatic carbocycles. The first kappa shape index (κ1) is 28.8. The molecule has 2 aromatic heterocycles. The third-order valence-electron chi connectivity index (χ3n) is 9.82. The van der Waals surface area contributed by atoms with Gasteiger partial charge in [-0.3, -0.25) is 0 Å². The van der Waals surface area contributed by atoms with Gasteiger partial charge >= 0.3 is 0 Å². The molecule has 0 aliphatic carbocycles. The number of fused-ring (bicyclic) bond motifs is 7. The van der Waals surface area contributed by atoms with Gasteiger partial charge in [0.05, 0.1) is 11.0 Å². The number of hydrogen-bond acceptors (Lipinski definition) is 2. The zero-order valence-electron chi connectivity index (χ0n) is 26.9. The van der Waals surface area contributed by atoms with Gasteiger partial charge in [0.1, 0.15) is 5.82 Å². The lowest BCUT2D eigenvalue weighted by Crippen LogP contribution is -2.10. The summed E-state index contributed by atoms with van der Waals surface area (Å²) in [6, 6.07) is 61.1. The summed E-state index contributed by atoms with van der Waals surface area (Å²) in [4.78, 5) is 2.30. The lowest BCUT2D eigenvalue weighted by molar-refractivity contribution is 0.635. The lowest BCUT2D eigenvalue weighted by Gasteiger charge is -2.27. The number of rotatable bonds is 5. The smallest absolute Gasteiger partial charge is 0.147 e. The quantitative estimate of drug-likeness (QED) is 0.178. The number of halogens is 1. The van der Waals surface area contributed by atoms with Crippen LogP contribution < -0.4 is 4.90 Å². The summed E-state index contributed by atoms with van der Waals surface area (Å²) < 4.78 is 20.3. The second kappa shape index (κ2) is 11.4. The minimum Gasteiger partial charge on any atom is -0.310 e. The maximum Gasteiger partial charge on any atom is 0.147 e. The molecule has 0 radical (unpaired) electrons. The van der Waals surface area contributed by atoms with Crippen LogP contribution in [0.1, 0.15) is 0 Å². The number of para-hydroxylation sites is 2. The summed E-state index contributed by atoms with van der Waals surface area (Å²) in [7, 11) is 0. The van der Waals surface area contributed by atoms with Crippen LogP contribution in [-0.4, -0.2) is 4.57 Å². The van der Waals surface area contributed by atoms with Crippen LogP contribution in [0.25, 0.3) is 69.6 Å². The van der Waals surface area contributed by atoms with Crippen molar-refractivity contribution in [1.82, 2.24) is 4.57 Å². The highest BCUT2D eigenvalue weighted by Gasteiger charge is 2.19. The molecule has 0 unspecified atom stereocenters. The Morgan fingerprint density at radius 1 is 0.480 bits per heavy atom. The number of anilines is 3. The Morgan fingerprint density at radius 3 is 2.06 bits per heavy atom. The SMILES string of the molecule is Fc1cccc2c3ccccc3n(-c3cccc(N(c4ccc(-c5cccc6c5sc5ccccc56)cc4)c4ccc5ccccc5c4)c3)c12. The number of hydrogen-bond donors (Lipinski definition) is 0. The van der Waals surface area contributed by atoms with Crippen LogP contribution in [0.4, 0.5) is 21.5 Å². The van der Waals surface area contributed by atoms with E-state index in [0.29, 0.717) is 5.52 Å². The maximum atomic E-state index is 15.6. The molecule has 10 rings (SSSR count). The van der Waals surface area contributed by atoms with Gasteiger partial charge in [0.2, 0.25) is 0 Å². The molecule has 0 spiro atoms. The fourth-order valence-electron chi connectivity index (χ4n) is 7.54. The van der Waals surface area contributed by atoms with Crippen LogP contribution in [0.5, 0.6) is 0 Å². The van der Waals surface area contributed by atoms with Crippen LogP contribution in [0.2, 0.25) is 0 Å². The molecule has 0 N–H and O–H groups in total. The number of benzene rings is 8. The average molecular weight is 661 g/mol. The molecule has 0 bridgehead atoms. The van der Waals surface area contributed by atoms with E-state index >= 15 is 4.39 Å². The van der Waals surface area contributed by atoms with Crippen molar-refractivity contribution in [2.24, 2.45) is 0 Å². The lowest BCUT2D eigenvalue weighted by atomic mass is 10.0. The van der Waals surface area contributed by atoms with E-state index in [1.807, 2.05) is 29.5 Å². The van der Waals surface area contributed by atoms with E-state index in [9.17, 15) is 0 Å². The van der Waals surface area contributed by atoms with Gasteiger partial charge in [0, 0.05) is 53.7 Å². The van der Waals surface area contributed by atoms with Crippen molar-refractivity contribution in [2.75, 3.05) is 4.90 Å². The third-order valence-corrected chi connectivity index (χ3v) is 11.0. The molecular formula is C46H29FN2S. The largest absolute Gasteiger partial charge is 0.310 e. The molecule has 0 aliphatic rings. The normalized spacial score (nSPS) is 11.7. The molecule has 236 valence electrons. The Hall–Kier alpha value is -6.23. The zero-order chi connectivity index (χ0) is 33.2. The molecule has 2 nitrogen and oxygen atoms in total. The number of nitrogens with zero attached hydrogens (tertiary/aromatic N) is 2. The zero-order valence-corrected chi connectivity index (χ0v) is 27.7. The van der Waals surface area contributed by atoms with Crippen LogP contribution in [0, 0.1) is 5.82 Å². The van der Waals surface area contributed by atoms with Gasteiger partial charge in [-0.2, -0.15) is 0 Å². The second-order valence-corrected chi connectivity index (χ2v) is 13.8. The van der Waals surface area contributed by atoms with Gasteiger partial charge in [-0.1, -0.05) is 115 Å². The number of aromatic nitrogens is 1. The predicted molar refractivity (Wildman–Crippen MR) is 211 cm³/mol. The summed E-state index contributed by atoms with van der Waals surface area (Å²) in [5.74, 6) is -0.236. The summed E-state index contributed by atoms with van der Waals surface area (Å²) >= 11 is 1.85. The van der Waals surface area contributed by atoms with Gasteiger partial charge in [0.15, 0.2) is 0 Å². The topological polar surface area (TPSA) is 8.17 Å². The van der Waals surface area contributed by atoms with Crippen LogP contribution in [0.15, 0.2) is 176 Å². The minimum absolute atomic E-state index is 0.236. The molecule has 0 saturated heterocycles. The van der Waals surface area contributed by atoms with E-state index in [1.54, 1.807) is 12.1 Å². The molecule has 0 fully saturated rings. The molecule has 4 heteroatoms. The first-order chi connectivity index (χ1) is 24.7. The second-order valence-electron chi connectivity index (χ2n) is 12.7. The highest BCUT2D eigenvalue weighted by Crippen LogP contribution is 2.42. The summed E-state index contributed by atoms with van der Waals surface area (Å²) in [5.41, 5.74) is 7.95. The summed E-state index contributed by atoms with van der Waals surface area (Å²) in [6.07, 6.45) is 0. The van der Waals surface area contributed by atoms with Crippen LogP contribution >= 0.6 is 11.3 Å². The first-order valence-corrected chi connectivity index (χ1v) is 17.6. The van der Waals surface area contributed by atoms with E-state index in [-0.39, 0.29) is 5.82 Å². The summed E-state index contributed by atoms with van der Waals surface area (Å²) in [6.45, 7) is 0. The minimum atomic E-state index is -0.236. The van der Waals surface area contributed by atoms with E-state index in [2.05, 4.69) is 155 Å². The first-order valence-electron chi connectivity index (χ1n) is 16.8. The van der Waals surface area contributed by atoms with Crippen molar-refractivity contribution in [1.29, 1.82) is 0 Å². The Bertz CT molecular complexity index is 2900. The molecule has 0 aliphatic heterocycles. The molecule has 0 amide bonds. The van der Waals surface area contributed by atoms with E-state index in [1.165, 1.54) is 42.1 Å². The Labute approximate surface area is 292 Å². The van der Waals surface area contributed by atoms with E-state index in [4.69, 9.17) is 0 Å². The Kier molecular flexibility index (Phi) is 6.58. The fourth-order valence-corrected chi connectivity index (χ4v) is 8.78. The van der Waals surface area contributed by atoms with Crippen molar-refractivity contribution in [3.63, 3.8) is 0 Å². The van der Waals surface area contributed by atoms with Gasteiger partial charge in [-0.25, -0.2) is 4.39 Å². The molecule has 2 heterocycles. The molecule has 0 saturated carbocycles. The predicted octanol–water partition coefficient (Wildman–Crippen LogP) is 13.6. The fraction of sp³-hybridized carbons (Fsp3) is 0. The van der Waals surface area contributed by atoms with Crippen molar-refractivity contribution in [3.8, 4) is 16.8 Å². The van der Waals surface area contributed by atoms with E-state index < -0.39 is 0 Å². The van der Waals surface area contributed by atoms with Crippen molar-refractivity contribution < 1.29 is 4.39 Å². The Morgan fingerprint density at radius 2 is 1.16 bits per heavy atom. The van der Waals surface area contributed by atoms with Crippen molar-refractivity contribution in [2.45, 2.75) is 0 Å². The van der Waals surface area contributed by atoms with Gasteiger partial charge in [-0.15, -0.1) is 11.3 Å². The van der Waals surface area contributed by atoms with Crippen LogP contribution in [-0.2, 0) is 0 Å². The molecule has 0 atom stereocenters. The monoisotopic (exact) mass is 660 g/mol. The van der Waals surface area contributed by atoms with Gasteiger partial charge in [-0.05, 0) is 82.6 Å². The highest BCUT2D eigenvalue weighted by molar-refractivity contribution is 7.26. The standard InChI is InChI=1S/C46H29FN2S/c47-42-19-9-17-40-38-14-3-5-20-43(38)49(45(40)42)35-13-7-12-34(29-35)48(36-27-22-30-10-1-2-11-32(30)28-36)33-25-23-31(24-26-33)37-16-8-18-41-39-15-4-6-21-44(39)50-46(37)41/h1-29H. The average Bonchev–Trinajstić information content (AvgIpc) is 3.72. The summed E-state index contributed by atoms with van der Waals surface area (Å²) in [5, 5.41) is 6.89. The third kappa shape index (κ3) is 4.53. The number of thiophene rings is 1. The Balaban J connectivity index is 1.14. The molecule has 50 heavy (non-hydrogen) atoms. The van der Waals surface area contributed by atoms with Gasteiger partial charge < -0.3 is 9.47 Å². The maximum absolute atomic E-state index is 15.6. The van der Waals surface area contributed by atoms with Gasteiger partial charge in [0.25, 0.3) is 0 Å². The molecule has 10 aromatic rings. The van der Waals surface area contributed by atoms with Crippen molar-refractivity contribution >= 4 is 81.1 Å². The van der Waals surface area contributed by atoms with E-state index in [0.717, 1.165) is 39.0 Å². The molecular weight excluding hydrogens is 632 g/mol. The highest BCUT2D eigenvalue weighted by atomic mass is 32.1.